The van der Waals surface area contributed by atoms with Gasteiger partial charge < -0.3 is 24.1 Å². The van der Waals surface area contributed by atoms with E-state index in [9.17, 15) is 5.11 Å². The lowest BCUT2D eigenvalue weighted by Crippen LogP contribution is -1.95. The summed E-state index contributed by atoms with van der Waals surface area (Å²) < 4.78 is 21.2. The second-order valence-electron chi connectivity index (χ2n) is 5.03. The average Bonchev–Trinajstić information content (AvgIpc) is 3.03. The number of hydrogen-bond acceptors (Lipinski definition) is 5. The molecule has 0 radical (unpaired) electrons. The van der Waals surface area contributed by atoms with Crippen LogP contribution >= 0.6 is 0 Å². The maximum atomic E-state index is 9.79. The van der Waals surface area contributed by atoms with E-state index in [1.54, 1.807) is 13.2 Å². The lowest BCUT2D eigenvalue weighted by atomic mass is 10.1. The van der Waals surface area contributed by atoms with Crippen molar-refractivity contribution in [3.63, 3.8) is 0 Å². The Bertz CT molecular complexity index is 736. The van der Waals surface area contributed by atoms with Crippen molar-refractivity contribution >= 4 is 6.08 Å². The summed E-state index contributed by atoms with van der Waals surface area (Å²) in [5.41, 5.74) is 1.96. The van der Waals surface area contributed by atoms with Gasteiger partial charge in [-0.2, -0.15) is 0 Å². The first-order valence-corrected chi connectivity index (χ1v) is 7.22. The van der Waals surface area contributed by atoms with Gasteiger partial charge in [-0.25, -0.2) is 0 Å². The minimum atomic E-state index is 0.0628. The Morgan fingerprint density at radius 3 is 2.61 bits per heavy atom. The van der Waals surface area contributed by atoms with Crippen LogP contribution in [-0.4, -0.2) is 26.1 Å². The molecule has 120 valence electrons. The molecule has 0 unspecified atom stereocenters. The summed E-state index contributed by atoms with van der Waals surface area (Å²) >= 11 is 0. The van der Waals surface area contributed by atoms with Crippen LogP contribution in [0.5, 0.6) is 28.7 Å². The maximum Gasteiger partial charge on any atom is 0.231 e. The number of phenolic OH excluding ortho intramolecular Hbond substituents is 1. The van der Waals surface area contributed by atoms with E-state index in [0.717, 1.165) is 22.6 Å². The standard InChI is InChI=1S/C18H18O5/c1-20-17-13(7-8-14(19)18(17)21-2)5-3-4-12-6-9-15-16(10-12)23-11-22-15/h3-4,6-10,19H,5,11H2,1-2H3/b4-3+. The Morgan fingerprint density at radius 1 is 1.04 bits per heavy atom. The molecular formula is C18H18O5. The average molecular weight is 314 g/mol. The zero-order valence-corrected chi connectivity index (χ0v) is 13.0. The van der Waals surface area contributed by atoms with Crippen LogP contribution in [0.25, 0.3) is 6.08 Å². The molecule has 0 aliphatic carbocycles. The van der Waals surface area contributed by atoms with Gasteiger partial charge in [0.1, 0.15) is 0 Å². The van der Waals surface area contributed by atoms with Gasteiger partial charge >= 0.3 is 0 Å². The third-order valence-corrected chi connectivity index (χ3v) is 3.63. The molecule has 3 rings (SSSR count). The third kappa shape index (κ3) is 3.04. The number of aromatic hydroxyl groups is 1. The second kappa shape index (κ2) is 6.52. The van der Waals surface area contributed by atoms with Crippen LogP contribution in [0, 0.1) is 0 Å². The van der Waals surface area contributed by atoms with Gasteiger partial charge in [0.25, 0.3) is 0 Å². The molecule has 23 heavy (non-hydrogen) atoms. The van der Waals surface area contributed by atoms with Gasteiger partial charge in [0.2, 0.25) is 12.5 Å². The summed E-state index contributed by atoms with van der Waals surface area (Å²) in [6.45, 7) is 0.271. The van der Waals surface area contributed by atoms with Crippen LogP contribution in [0.15, 0.2) is 36.4 Å². The van der Waals surface area contributed by atoms with Crippen molar-refractivity contribution in [2.24, 2.45) is 0 Å². The first-order valence-electron chi connectivity index (χ1n) is 7.22. The molecule has 2 aromatic carbocycles. The molecule has 1 N–H and O–H groups in total. The Hall–Kier alpha value is -2.82. The van der Waals surface area contributed by atoms with Crippen LogP contribution < -0.4 is 18.9 Å². The minimum absolute atomic E-state index is 0.0628. The number of rotatable bonds is 5. The van der Waals surface area contributed by atoms with E-state index in [2.05, 4.69) is 0 Å². The number of hydrogen-bond donors (Lipinski definition) is 1. The Kier molecular flexibility index (Phi) is 4.28. The molecule has 0 saturated carbocycles. The number of phenols is 1. The highest BCUT2D eigenvalue weighted by atomic mass is 16.7. The minimum Gasteiger partial charge on any atom is -0.504 e. The van der Waals surface area contributed by atoms with Crippen molar-refractivity contribution in [3.8, 4) is 28.7 Å². The molecule has 2 aromatic rings. The summed E-state index contributed by atoms with van der Waals surface area (Å²) in [4.78, 5) is 0. The van der Waals surface area contributed by atoms with E-state index >= 15 is 0 Å². The summed E-state index contributed by atoms with van der Waals surface area (Å²) in [5.74, 6) is 2.49. The van der Waals surface area contributed by atoms with Gasteiger partial charge in [-0.15, -0.1) is 0 Å². The van der Waals surface area contributed by atoms with Crippen LogP contribution in [0.1, 0.15) is 11.1 Å². The number of fused-ring (bicyclic) bond motifs is 1. The van der Waals surface area contributed by atoms with E-state index < -0.39 is 0 Å². The molecule has 0 bridgehead atoms. The molecule has 0 amide bonds. The number of methoxy groups -OCH3 is 2. The highest BCUT2D eigenvalue weighted by Crippen LogP contribution is 2.39. The van der Waals surface area contributed by atoms with Crippen molar-refractivity contribution in [1.29, 1.82) is 0 Å². The fraction of sp³-hybridized carbons (Fsp3) is 0.222. The lowest BCUT2D eigenvalue weighted by molar-refractivity contribution is 0.174. The maximum absolute atomic E-state index is 9.79. The van der Waals surface area contributed by atoms with Crippen LogP contribution in [-0.2, 0) is 6.42 Å². The third-order valence-electron chi connectivity index (χ3n) is 3.63. The fourth-order valence-corrected chi connectivity index (χ4v) is 2.51. The van der Waals surface area contributed by atoms with Gasteiger partial charge in [-0.3, -0.25) is 0 Å². The monoisotopic (exact) mass is 314 g/mol. The summed E-state index contributed by atoms with van der Waals surface area (Å²) in [7, 11) is 3.06. The zero-order chi connectivity index (χ0) is 16.2. The fourth-order valence-electron chi connectivity index (χ4n) is 2.51. The first kappa shape index (κ1) is 15.1. The summed E-state index contributed by atoms with van der Waals surface area (Å²) in [6, 6.07) is 9.23. The van der Waals surface area contributed by atoms with E-state index in [-0.39, 0.29) is 12.5 Å². The van der Waals surface area contributed by atoms with Crippen molar-refractivity contribution < 1.29 is 24.1 Å². The topological polar surface area (TPSA) is 57.2 Å². The molecule has 5 heteroatoms. The molecule has 1 aliphatic rings. The second-order valence-corrected chi connectivity index (χ2v) is 5.03. The predicted octanol–water partition coefficient (Wildman–Crippen LogP) is 3.39. The predicted molar refractivity (Wildman–Crippen MR) is 86.5 cm³/mol. The Morgan fingerprint density at radius 2 is 1.83 bits per heavy atom. The molecule has 1 aliphatic heterocycles. The number of benzene rings is 2. The van der Waals surface area contributed by atoms with Gasteiger partial charge in [-0.05, 0) is 30.2 Å². The van der Waals surface area contributed by atoms with Crippen molar-refractivity contribution in [1.82, 2.24) is 0 Å². The van der Waals surface area contributed by atoms with Crippen LogP contribution in [0.2, 0.25) is 0 Å². The smallest absolute Gasteiger partial charge is 0.231 e. The van der Waals surface area contributed by atoms with Gasteiger partial charge in [-0.1, -0.05) is 24.3 Å². The van der Waals surface area contributed by atoms with Crippen molar-refractivity contribution in [2.45, 2.75) is 6.42 Å². The highest BCUT2D eigenvalue weighted by Gasteiger charge is 2.14. The molecule has 0 fully saturated rings. The molecule has 0 aromatic heterocycles. The molecular weight excluding hydrogens is 296 g/mol. The number of ether oxygens (including phenoxy) is 4. The summed E-state index contributed by atoms with van der Waals surface area (Å²) in [5, 5.41) is 9.79. The quantitative estimate of drug-likeness (QED) is 0.916. The molecule has 0 atom stereocenters. The van der Waals surface area contributed by atoms with E-state index in [1.807, 2.05) is 36.4 Å². The van der Waals surface area contributed by atoms with Gasteiger partial charge in [0.05, 0.1) is 14.2 Å². The largest absolute Gasteiger partial charge is 0.504 e. The van der Waals surface area contributed by atoms with Crippen molar-refractivity contribution in [2.75, 3.05) is 21.0 Å². The SMILES string of the molecule is COc1c(O)ccc(C/C=C/c2ccc3c(c2)OCO3)c1OC. The number of allylic oxidation sites excluding steroid dienone is 1. The lowest BCUT2D eigenvalue weighted by Gasteiger charge is -2.12. The van der Waals surface area contributed by atoms with Crippen LogP contribution in [0.4, 0.5) is 0 Å². The summed E-state index contributed by atoms with van der Waals surface area (Å²) in [6.07, 6.45) is 4.67. The molecule has 0 spiro atoms. The van der Waals surface area contributed by atoms with Crippen molar-refractivity contribution in [3.05, 3.63) is 47.5 Å². The Balaban J connectivity index is 1.78. The Labute approximate surface area is 134 Å². The van der Waals surface area contributed by atoms with Gasteiger partial charge in [0, 0.05) is 5.56 Å². The van der Waals surface area contributed by atoms with E-state index in [4.69, 9.17) is 18.9 Å². The molecule has 0 saturated heterocycles. The first-order chi connectivity index (χ1) is 11.2. The van der Waals surface area contributed by atoms with Crippen LogP contribution in [0.3, 0.4) is 0 Å². The van der Waals surface area contributed by atoms with E-state index in [0.29, 0.717) is 17.9 Å². The van der Waals surface area contributed by atoms with Gasteiger partial charge in [0.15, 0.2) is 23.0 Å². The van der Waals surface area contributed by atoms with E-state index in [1.165, 1.54) is 7.11 Å². The molecule has 1 heterocycles. The normalized spacial score (nSPS) is 12.6. The zero-order valence-electron chi connectivity index (χ0n) is 13.0. The molecule has 5 nitrogen and oxygen atoms in total. The highest BCUT2D eigenvalue weighted by molar-refractivity contribution is 5.59.